The van der Waals surface area contributed by atoms with Crippen LogP contribution in [0.2, 0.25) is 0 Å². The SMILES string of the molecule is CCC1C(O)CC=C[C@H]1C. The van der Waals surface area contributed by atoms with E-state index in [0.29, 0.717) is 11.8 Å². The van der Waals surface area contributed by atoms with Crippen LogP contribution in [0.3, 0.4) is 0 Å². The Balaban J connectivity index is 2.58. The summed E-state index contributed by atoms with van der Waals surface area (Å²) in [4.78, 5) is 0. The molecular weight excluding hydrogens is 124 g/mol. The lowest BCUT2D eigenvalue weighted by Crippen LogP contribution is -2.27. The fourth-order valence-corrected chi connectivity index (χ4v) is 1.74. The van der Waals surface area contributed by atoms with Gasteiger partial charge in [0.15, 0.2) is 0 Å². The number of aliphatic hydroxyl groups excluding tert-OH is 1. The van der Waals surface area contributed by atoms with Crippen molar-refractivity contribution in [1.82, 2.24) is 0 Å². The molecule has 1 aliphatic carbocycles. The lowest BCUT2D eigenvalue weighted by molar-refractivity contribution is 0.0812. The van der Waals surface area contributed by atoms with E-state index in [2.05, 4.69) is 26.0 Å². The average molecular weight is 140 g/mol. The van der Waals surface area contributed by atoms with Crippen molar-refractivity contribution in [2.24, 2.45) is 11.8 Å². The second kappa shape index (κ2) is 3.20. The monoisotopic (exact) mass is 140 g/mol. The first-order valence-electron chi connectivity index (χ1n) is 4.10. The summed E-state index contributed by atoms with van der Waals surface area (Å²) in [7, 11) is 0. The molecule has 0 saturated carbocycles. The fourth-order valence-electron chi connectivity index (χ4n) is 1.74. The van der Waals surface area contributed by atoms with Gasteiger partial charge in [-0.05, 0) is 18.3 Å². The van der Waals surface area contributed by atoms with Gasteiger partial charge in [0, 0.05) is 0 Å². The van der Waals surface area contributed by atoms with Gasteiger partial charge in [-0.1, -0.05) is 32.4 Å². The van der Waals surface area contributed by atoms with Crippen molar-refractivity contribution >= 4 is 0 Å². The number of hydrogen-bond acceptors (Lipinski definition) is 1. The van der Waals surface area contributed by atoms with E-state index >= 15 is 0 Å². The molecule has 10 heavy (non-hydrogen) atoms. The van der Waals surface area contributed by atoms with Gasteiger partial charge in [-0.2, -0.15) is 0 Å². The summed E-state index contributed by atoms with van der Waals surface area (Å²) in [6.45, 7) is 4.32. The molecule has 0 saturated heterocycles. The molecule has 1 nitrogen and oxygen atoms in total. The summed E-state index contributed by atoms with van der Waals surface area (Å²) in [6.07, 6.45) is 6.14. The third kappa shape index (κ3) is 1.40. The molecule has 0 aliphatic heterocycles. The van der Waals surface area contributed by atoms with E-state index in [0.717, 1.165) is 12.8 Å². The van der Waals surface area contributed by atoms with Gasteiger partial charge in [0.05, 0.1) is 6.10 Å². The zero-order valence-electron chi connectivity index (χ0n) is 6.75. The highest BCUT2D eigenvalue weighted by Gasteiger charge is 2.23. The van der Waals surface area contributed by atoms with Crippen molar-refractivity contribution in [3.05, 3.63) is 12.2 Å². The largest absolute Gasteiger partial charge is 0.392 e. The molecule has 0 bridgehead atoms. The Labute approximate surface area is 62.8 Å². The van der Waals surface area contributed by atoms with E-state index in [4.69, 9.17) is 0 Å². The first kappa shape index (κ1) is 7.80. The van der Waals surface area contributed by atoms with Crippen LogP contribution in [0, 0.1) is 11.8 Å². The Morgan fingerprint density at radius 1 is 1.60 bits per heavy atom. The van der Waals surface area contributed by atoms with Crippen LogP contribution in [-0.4, -0.2) is 11.2 Å². The van der Waals surface area contributed by atoms with Crippen LogP contribution in [0.15, 0.2) is 12.2 Å². The van der Waals surface area contributed by atoms with Gasteiger partial charge < -0.3 is 5.11 Å². The van der Waals surface area contributed by atoms with Crippen LogP contribution in [0.1, 0.15) is 26.7 Å². The highest BCUT2D eigenvalue weighted by Crippen LogP contribution is 2.26. The summed E-state index contributed by atoms with van der Waals surface area (Å²) in [5.74, 6) is 1.05. The average Bonchev–Trinajstić information content (AvgIpc) is 1.88. The maximum Gasteiger partial charge on any atom is 0.0608 e. The lowest BCUT2D eigenvalue weighted by atomic mass is 9.81. The normalized spacial score (nSPS) is 40.1. The molecular formula is C9H16O. The van der Waals surface area contributed by atoms with Gasteiger partial charge in [-0.15, -0.1) is 0 Å². The molecule has 1 rings (SSSR count). The Hall–Kier alpha value is -0.300. The summed E-state index contributed by atoms with van der Waals surface area (Å²) in [5, 5.41) is 9.49. The Kier molecular flexibility index (Phi) is 2.50. The Morgan fingerprint density at radius 3 is 2.70 bits per heavy atom. The van der Waals surface area contributed by atoms with Crippen LogP contribution in [-0.2, 0) is 0 Å². The van der Waals surface area contributed by atoms with Gasteiger partial charge in [0.1, 0.15) is 0 Å². The molecule has 2 unspecified atom stereocenters. The minimum absolute atomic E-state index is 0.0926. The molecule has 0 aromatic carbocycles. The number of allylic oxidation sites excluding steroid dienone is 1. The smallest absolute Gasteiger partial charge is 0.0608 e. The summed E-state index contributed by atoms with van der Waals surface area (Å²) >= 11 is 0. The second-order valence-electron chi connectivity index (χ2n) is 3.16. The van der Waals surface area contributed by atoms with Crippen molar-refractivity contribution in [2.75, 3.05) is 0 Å². The van der Waals surface area contributed by atoms with Gasteiger partial charge in [-0.3, -0.25) is 0 Å². The quantitative estimate of drug-likeness (QED) is 0.552. The molecule has 0 heterocycles. The molecule has 0 aromatic rings. The van der Waals surface area contributed by atoms with E-state index in [1.54, 1.807) is 0 Å². The predicted molar refractivity (Wildman–Crippen MR) is 42.7 cm³/mol. The van der Waals surface area contributed by atoms with E-state index in [9.17, 15) is 5.11 Å². The van der Waals surface area contributed by atoms with Crippen molar-refractivity contribution in [3.63, 3.8) is 0 Å². The van der Waals surface area contributed by atoms with E-state index < -0.39 is 0 Å². The first-order valence-corrected chi connectivity index (χ1v) is 4.10. The first-order chi connectivity index (χ1) is 4.75. The van der Waals surface area contributed by atoms with Crippen molar-refractivity contribution in [2.45, 2.75) is 32.8 Å². The zero-order chi connectivity index (χ0) is 7.56. The van der Waals surface area contributed by atoms with Crippen molar-refractivity contribution in [1.29, 1.82) is 0 Å². The Morgan fingerprint density at radius 2 is 2.30 bits per heavy atom. The third-order valence-corrected chi connectivity index (χ3v) is 2.46. The van der Waals surface area contributed by atoms with Crippen molar-refractivity contribution < 1.29 is 5.11 Å². The second-order valence-corrected chi connectivity index (χ2v) is 3.16. The maximum absolute atomic E-state index is 9.49. The topological polar surface area (TPSA) is 20.2 Å². The summed E-state index contributed by atoms with van der Waals surface area (Å²) in [6, 6.07) is 0. The third-order valence-electron chi connectivity index (χ3n) is 2.46. The van der Waals surface area contributed by atoms with E-state index in [1.807, 2.05) is 0 Å². The molecule has 1 heteroatoms. The van der Waals surface area contributed by atoms with Gasteiger partial charge in [0.2, 0.25) is 0 Å². The predicted octanol–water partition coefficient (Wildman–Crippen LogP) is 1.97. The highest BCUT2D eigenvalue weighted by molar-refractivity contribution is 4.98. The highest BCUT2D eigenvalue weighted by atomic mass is 16.3. The molecule has 0 spiro atoms. The Bertz CT molecular complexity index is 129. The maximum atomic E-state index is 9.49. The molecule has 1 aliphatic rings. The molecule has 0 radical (unpaired) electrons. The number of hydrogen-bond donors (Lipinski definition) is 1. The number of aliphatic hydroxyl groups is 1. The van der Waals surface area contributed by atoms with Crippen LogP contribution in [0.5, 0.6) is 0 Å². The standard InChI is InChI=1S/C9H16O/c1-3-8-7(2)5-4-6-9(8)10/h4-5,7-10H,3,6H2,1-2H3/t7-,8?,9?/m1/s1. The molecule has 0 amide bonds. The molecule has 1 N–H and O–H groups in total. The molecule has 0 aromatic heterocycles. The molecule has 58 valence electrons. The summed E-state index contributed by atoms with van der Waals surface area (Å²) in [5.41, 5.74) is 0. The van der Waals surface area contributed by atoms with Gasteiger partial charge in [0.25, 0.3) is 0 Å². The lowest BCUT2D eigenvalue weighted by Gasteiger charge is -2.28. The van der Waals surface area contributed by atoms with E-state index in [-0.39, 0.29) is 6.10 Å². The van der Waals surface area contributed by atoms with Crippen LogP contribution >= 0.6 is 0 Å². The molecule has 3 atom stereocenters. The minimum atomic E-state index is -0.0926. The van der Waals surface area contributed by atoms with Crippen LogP contribution < -0.4 is 0 Å². The summed E-state index contributed by atoms with van der Waals surface area (Å²) < 4.78 is 0. The van der Waals surface area contributed by atoms with Crippen molar-refractivity contribution in [3.8, 4) is 0 Å². The van der Waals surface area contributed by atoms with E-state index in [1.165, 1.54) is 0 Å². The van der Waals surface area contributed by atoms with Crippen LogP contribution in [0.4, 0.5) is 0 Å². The minimum Gasteiger partial charge on any atom is -0.392 e. The molecule has 0 fully saturated rings. The number of rotatable bonds is 1. The van der Waals surface area contributed by atoms with Gasteiger partial charge >= 0.3 is 0 Å². The van der Waals surface area contributed by atoms with Gasteiger partial charge in [-0.25, -0.2) is 0 Å². The zero-order valence-corrected chi connectivity index (χ0v) is 6.75. The fraction of sp³-hybridized carbons (Fsp3) is 0.778. The van der Waals surface area contributed by atoms with Crippen LogP contribution in [0.25, 0.3) is 0 Å².